The van der Waals surface area contributed by atoms with Gasteiger partial charge in [-0.15, -0.1) is 0 Å². The van der Waals surface area contributed by atoms with Crippen LogP contribution in [0.5, 0.6) is 0 Å². The van der Waals surface area contributed by atoms with Crippen molar-refractivity contribution in [3.63, 3.8) is 0 Å². The fraction of sp³-hybridized carbons (Fsp3) is 0. The largest absolute Gasteiger partial charge is 0.488 e. The summed E-state index contributed by atoms with van der Waals surface area (Å²) in [6.45, 7) is 0. The van der Waals surface area contributed by atoms with Crippen LogP contribution in [-0.2, 0) is 0 Å². The SMILES string of the molecule is OB(O)c1ccccc1[Si]. The minimum absolute atomic E-state index is 0.485. The lowest BCUT2D eigenvalue weighted by molar-refractivity contribution is 0.426. The van der Waals surface area contributed by atoms with Gasteiger partial charge in [-0.2, -0.15) is 0 Å². The van der Waals surface area contributed by atoms with Crippen molar-refractivity contribution in [2.24, 2.45) is 0 Å². The number of hydrogen-bond donors (Lipinski definition) is 2. The molecular weight excluding hydrogens is 143 g/mol. The molecule has 1 rings (SSSR count). The summed E-state index contributed by atoms with van der Waals surface area (Å²) in [5, 5.41) is 18.2. The van der Waals surface area contributed by atoms with E-state index in [1.54, 1.807) is 18.2 Å². The van der Waals surface area contributed by atoms with Crippen LogP contribution < -0.4 is 10.6 Å². The quantitative estimate of drug-likeness (QED) is 0.460. The number of hydrogen-bond acceptors (Lipinski definition) is 2. The van der Waals surface area contributed by atoms with Crippen LogP contribution in [0.4, 0.5) is 0 Å². The summed E-state index contributed by atoms with van der Waals surface area (Å²) in [4.78, 5) is 0. The molecule has 0 bridgehead atoms. The first-order valence-electron chi connectivity index (χ1n) is 2.88. The van der Waals surface area contributed by atoms with Crippen LogP contribution in [0.1, 0.15) is 0 Å². The van der Waals surface area contributed by atoms with Crippen LogP contribution in [0, 0.1) is 0 Å². The van der Waals surface area contributed by atoms with Gasteiger partial charge in [-0.25, -0.2) is 0 Å². The van der Waals surface area contributed by atoms with Gasteiger partial charge >= 0.3 is 7.12 Å². The molecule has 0 spiro atoms. The second-order valence-corrected chi connectivity index (χ2v) is 2.50. The van der Waals surface area contributed by atoms with Gasteiger partial charge in [-0.3, -0.25) is 0 Å². The van der Waals surface area contributed by atoms with E-state index in [1.807, 2.05) is 6.07 Å². The van der Waals surface area contributed by atoms with Crippen molar-refractivity contribution < 1.29 is 10.0 Å². The molecule has 0 unspecified atom stereocenters. The second kappa shape index (κ2) is 3.01. The van der Waals surface area contributed by atoms with E-state index in [2.05, 4.69) is 10.2 Å². The summed E-state index contributed by atoms with van der Waals surface area (Å²) in [7, 11) is 1.83. The van der Waals surface area contributed by atoms with Crippen molar-refractivity contribution in [2.45, 2.75) is 0 Å². The molecule has 0 aliphatic carbocycles. The molecule has 0 saturated heterocycles. The smallest absolute Gasteiger partial charge is 0.423 e. The highest BCUT2D eigenvalue weighted by Gasteiger charge is 2.11. The van der Waals surface area contributed by atoms with Gasteiger partial charge in [0.25, 0.3) is 0 Å². The zero-order valence-corrected chi connectivity index (χ0v) is 6.28. The summed E-state index contributed by atoms with van der Waals surface area (Å²) in [5.74, 6) is 0. The monoisotopic (exact) mass is 149 g/mol. The maximum Gasteiger partial charge on any atom is 0.488 e. The van der Waals surface area contributed by atoms with Crippen molar-refractivity contribution >= 4 is 28.0 Å². The number of rotatable bonds is 1. The van der Waals surface area contributed by atoms with Gasteiger partial charge in [0.2, 0.25) is 0 Å². The Balaban J connectivity index is 3.03. The Morgan fingerprint density at radius 2 is 1.80 bits per heavy atom. The predicted octanol–water partition coefficient (Wildman–Crippen LogP) is -1.84. The first-order chi connectivity index (χ1) is 4.72. The minimum Gasteiger partial charge on any atom is -0.423 e. The van der Waals surface area contributed by atoms with Crippen LogP contribution >= 0.6 is 0 Å². The van der Waals surface area contributed by atoms with E-state index in [9.17, 15) is 0 Å². The van der Waals surface area contributed by atoms with E-state index in [4.69, 9.17) is 10.0 Å². The lowest BCUT2D eigenvalue weighted by Gasteiger charge is -2.01. The molecule has 3 radical (unpaired) electrons. The van der Waals surface area contributed by atoms with Gasteiger partial charge in [-0.05, 0) is 5.46 Å². The molecule has 10 heavy (non-hydrogen) atoms. The van der Waals surface area contributed by atoms with Crippen molar-refractivity contribution in [3.05, 3.63) is 24.3 Å². The molecule has 0 fully saturated rings. The van der Waals surface area contributed by atoms with Crippen molar-refractivity contribution in [1.29, 1.82) is 0 Å². The molecule has 1 aromatic rings. The molecule has 0 aliphatic heterocycles. The van der Waals surface area contributed by atoms with Gasteiger partial charge in [-0.1, -0.05) is 29.5 Å². The first kappa shape index (κ1) is 7.53. The third-order valence-electron chi connectivity index (χ3n) is 1.24. The minimum atomic E-state index is -1.39. The van der Waals surface area contributed by atoms with Crippen LogP contribution in [0.2, 0.25) is 0 Å². The van der Waals surface area contributed by atoms with Crippen molar-refractivity contribution in [2.75, 3.05) is 0 Å². The Morgan fingerprint density at radius 1 is 1.20 bits per heavy atom. The highest BCUT2D eigenvalue weighted by molar-refractivity contribution is 6.64. The Kier molecular flexibility index (Phi) is 2.26. The summed E-state index contributed by atoms with van der Waals surface area (Å²) in [6.07, 6.45) is 0. The van der Waals surface area contributed by atoms with Crippen LogP contribution in [0.15, 0.2) is 24.3 Å². The molecule has 0 aliphatic rings. The van der Waals surface area contributed by atoms with E-state index >= 15 is 0 Å². The maximum absolute atomic E-state index is 8.73. The normalized spacial score (nSPS) is 9.50. The molecule has 2 nitrogen and oxygen atoms in total. The third kappa shape index (κ3) is 1.47. The van der Waals surface area contributed by atoms with E-state index < -0.39 is 7.12 Å². The van der Waals surface area contributed by atoms with Crippen molar-refractivity contribution in [1.82, 2.24) is 0 Å². The lowest BCUT2D eigenvalue weighted by atomic mass is 9.80. The lowest BCUT2D eigenvalue weighted by Crippen LogP contribution is -2.40. The highest BCUT2D eigenvalue weighted by Crippen LogP contribution is 1.79. The Morgan fingerprint density at radius 3 is 2.20 bits per heavy atom. The molecule has 0 aromatic heterocycles. The van der Waals surface area contributed by atoms with Crippen LogP contribution in [-0.4, -0.2) is 27.4 Å². The average Bonchev–Trinajstić information content (AvgIpc) is 1.88. The van der Waals surface area contributed by atoms with Gasteiger partial charge in [0.1, 0.15) is 0 Å². The van der Waals surface area contributed by atoms with Crippen molar-refractivity contribution in [3.8, 4) is 0 Å². The highest BCUT2D eigenvalue weighted by atomic mass is 28.1. The molecule has 4 heteroatoms. The summed E-state index contributed by atoms with van der Waals surface area (Å²) >= 11 is 0. The molecular formula is C6H6BO2Si. The van der Waals surface area contributed by atoms with Gasteiger partial charge in [0, 0.05) is 0 Å². The Hall–Kier alpha value is -0.578. The first-order valence-corrected chi connectivity index (χ1v) is 3.38. The second-order valence-electron chi connectivity index (χ2n) is 1.96. The van der Waals surface area contributed by atoms with E-state index in [0.29, 0.717) is 10.6 Å². The zero-order chi connectivity index (χ0) is 7.56. The fourth-order valence-corrected chi connectivity index (χ4v) is 1.03. The van der Waals surface area contributed by atoms with Gasteiger partial charge in [0.15, 0.2) is 0 Å². The Labute approximate surface area is 63.1 Å². The van der Waals surface area contributed by atoms with E-state index in [0.717, 1.165) is 0 Å². The van der Waals surface area contributed by atoms with Crippen LogP contribution in [0.3, 0.4) is 0 Å². The number of benzene rings is 1. The Bertz CT molecular complexity index is 227. The van der Waals surface area contributed by atoms with E-state index in [1.165, 1.54) is 0 Å². The molecule has 0 heterocycles. The average molecular weight is 149 g/mol. The molecule has 0 atom stereocenters. The van der Waals surface area contributed by atoms with Crippen LogP contribution in [0.25, 0.3) is 0 Å². The summed E-state index contributed by atoms with van der Waals surface area (Å²) < 4.78 is 0. The molecule has 0 saturated carbocycles. The van der Waals surface area contributed by atoms with Gasteiger partial charge in [0.05, 0.1) is 10.2 Å². The topological polar surface area (TPSA) is 40.5 Å². The fourth-order valence-electron chi connectivity index (χ4n) is 0.722. The molecule has 1 aromatic carbocycles. The zero-order valence-electron chi connectivity index (χ0n) is 5.28. The van der Waals surface area contributed by atoms with E-state index in [-0.39, 0.29) is 0 Å². The summed E-state index contributed by atoms with van der Waals surface area (Å²) in [5.41, 5.74) is 0.485. The predicted molar refractivity (Wildman–Crippen MR) is 41.7 cm³/mol. The standard InChI is InChI=1S/C6H6BO2Si/c8-7(9)5-3-1-2-4-6(5)10/h1-4,8-9H. The molecule has 0 amide bonds. The third-order valence-corrected chi connectivity index (χ3v) is 1.69. The van der Waals surface area contributed by atoms with Gasteiger partial charge < -0.3 is 10.0 Å². The maximum atomic E-state index is 8.73. The summed E-state index contributed by atoms with van der Waals surface area (Å²) in [6, 6.07) is 6.96. The molecule has 2 N–H and O–H groups in total. The molecule has 49 valence electrons.